The number of hydrogen-bond acceptors (Lipinski definition) is 15. The average molecular weight is 916 g/mol. The van der Waals surface area contributed by atoms with E-state index in [1.54, 1.807) is 6.26 Å². The summed E-state index contributed by atoms with van der Waals surface area (Å²) in [6.45, 7) is -1.94. The van der Waals surface area contributed by atoms with E-state index in [4.69, 9.17) is 22.9 Å². The summed E-state index contributed by atoms with van der Waals surface area (Å²) in [7, 11) is 0. The molecule has 0 saturated carbocycles. The fourth-order valence-corrected chi connectivity index (χ4v) is 7.33. The van der Waals surface area contributed by atoms with E-state index >= 15 is 0 Å². The Morgan fingerprint density at radius 2 is 1.35 bits per heavy atom. The number of nitrogens with zero attached hydrogens (tertiary/aromatic N) is 3. The third kappa shape index (κ3) is 18.1. The number of amides is 8. The van der Waals surface area contributed by atoms with Crippen molar-refractivity contribution in [3.63, 3.8) is 0 Å². The van der Waals surface area contributed by atoms with Crippen molar-refractivity contribution < 1.29 is 58.5 Å². The van der Waals surface area contributed by atoms with Crippen molar-refractivity contribution in [2.75, 3.05) is 64.5 Å². The van der Waals surface area contributed by atoms with Gasteiger partial charge >= 0.3 is 5.97 Å². The second-order valence-electron chi connectivity index (χ2n) is 15.0. The summed E-state index contributed by atoms with van der Waals surface area (Å²) >= 11 is 1.36. The van der Waals surface area contributed by atoms with Crippen molar-refractivity contribution in [3.8, 4) is 0 Å². The van der Waals surface area contributed by atoms with Gasteiger partial charge in [-0.15, -0.1) is 0 Å². The van der Waals surface area contributed by atoms with Gasteiger partial charge in [0.2, 0.25) is 47.3 Å². The number of aliphatic carboxylic acids is 1. The highest BCUT2D eigenvalue weighted by atomic mass is 32.2. The third-order valence-electron chi connectivity index (χ3n) is 10.3. The van der Waals surface area contributed by atoms with E-state index in [9.17, 15) is 58.5 Å². The lowest BCUT2D eigenvalue weighted by Crippen LogP contribution is -2.59. The fourth-order valence-electron chi connectivity index (χ4n) is 6.86. The second-order valence-corrected chi connectivity index (χ2v) is 16.0. The van der Waals surface area contributed by atoms with Crippen LogP contribution in [0.4, 0.5) is 0 Å². The number of unbranched alkanes of at least 4 members (excludes halogenated alkanes) is 1. The number of carboxylic acid groups (broad SMARTS) is 1. The molecule has 2 rings (SSSR count). The Balaban J connectivity index is 1.96. The van der Waals surface area contributed by atoms with Gasteiger partial charge in [-0.2, -0.15) is 11.8 Å². The molecule has 356 valence electrons. The van der Waals surface area contributed by atoms with Crippen LogP contribution in [0.1, 0.15) is 64.2 Å². The van der Waals surface area contributed by atoms with Gasteiger partial charge < -0.3 is 80.0 Å². The predicted octanol–water partition coefficient (Wildman–Crippen LogP) is -6.53. The molecule has 63 heavy (non-hydrogen) atoms. The zero-order valence-electron chi connectivity index (χ0n) is 35.6. The number of nitrogens with one attached hydrogen (secondary N) is 6. The second kappa shape index (κ2) is 28.4. The smallest absolute Gasteiger partial charge is 0.326 e. The Morgan fingerprint density at radius 3 is 1.95 bits per heavy atom. The van der Waals surface area contributed by atoms with Crippen LogP contribution in [-0.4, -0.2) is 191 Å². The molecule has 0 aromatic carbocycles. The molecule has 17 N–H and O–H groups in total. The minimum Gasteiger partial charge on any atom is -0.480 e. The number of rotatable bonds is 28. The summed E-state index contributed by atoms with van der Waals surface area (Å²) in [5.74, 6) is -7.02. The molecule has 0 aromatic rings. The van der Waals surface area contributed by atoms with E-state index in [-0.39, 0.29) is 57.7 Å². The molecule has 2 heterocycles. The summed E-state index contributed by atoms with van der Waals surface area (Å²) in [6, 6.07) is -8.41. The molecule has 0 bridgehead atoms. The lowest BCUT2D eigenvalue weighted by atomic mass is 10.1. The molecule has 2 aliphatic rings. The summed E-state index contributed by atoms with van der Waals surface area (Å²) in [4.78, 5) is 123. The first-order valence-corrected chi connectivity index (χ1v) is 22.2. The summed E-state index contributed by atoms with van der Waals surface area (Å²) in [6.07, 6.45) is 4.95. The Bertz CT molecular complexity index is 1620. The Kier molecular flexibility index (Phi) is 24.3. The van der Waals surface area contributed by atoms with E-state index in [0.29, 0.717) is 44.4 Å². The topological polar surface area (TPSA) is 409 Å². The number of carbonyl (C=O) groups excluding carboxylic acids is 8. The Labute approximate surface area is 369 Å². The standard InChI is InChI=1S/C37H65N13O12S/c1-63-16-11-22(32(57)48-25(20-52)35(60)50-15-6-10-27(50)34(59)46-23(36(61)62)8-4-13-42-37(40)41)45-28(53)17-43-33(58)26-9-5-14-49(26)29(54)18-44-31(56)24(19-51)47-30(55)21(39)7-2-3-12-38/h21-27,51-52H,2-20,38-39H2,1H3,(H,43,58)(H,44,56)(H,45,53)(H,46,59)(H,47,55)(H,48,57)(H,61,62)(H4,40,41,42)/t21-,22-,23-,24-,25-,26?,27?/m0/s1. The zero-order valence-corrected chi connectivity index (χ0v) is 36.4. The molecule has 0 aliphatic carbocycles. The molecule has 2 saturated heterocycles. The normalized spacial score (nSPS) is 18.2. The van der Waals surface area contributed by atoms with Gasteiger partial charge in [0.1, 0.15) is 36.3 Å². The summed E-state index contributed by atoms with van der Waals surface area (Å²) < 4.78 is 0. The zero-order chi connectivity index (χ0) is 47.1. The van der Waals surface area contributed by atoms with Gasteiger partial charge in [-0.25, -0.2) is 4.79 Å². The highest BCUT2D eigenvalue weighted by molar-refractivity contribution is 7.98. The maximum absolute atomic E-state index is 13.6. The number of nitrogens with two attached hydrogens (primary N) is 4. The lowest BCUT2D eigenvalue weighted by molar-refractivity contribution is -0.145. The largest absolute Gasteiger partial charge is 0.480 e. The molecule has 0 radical (unpaired) electrons. The van der Waals surface area contributed by atoms with Crippen LogP contribution in [0, 0.1) is 0 Å². The number of carboxylic acids is 1. The number of hydrogen-bond donors (Lipinski definition) is 13. The summed E-state index contributed by atoms with van der Waals surface area (Å²) in [5, 5.41) is 44.0. The molecule has 0 aromatic heterocycles. The van der Waals surface area contributed by atoms with E-state index in [1.807, 2.05) is 0 Å². The minimum atomic E-state index is -1.52. The highest BCUT2D eigenvalue weighted by Gasteiger charge is 2.40. The van der Waals surface area contributed by atoms with Crippen LogP contribution < -0.4 is 54.8 Å². The van der Waals surface area contributed by atoms with Gasteiger partial charge in [0.05, 0.1) is 32.3 Å². The van der Waals surface area contributed by atoms with E-state index < -0.39 is 122 Å². The van der Waals surface area contributed by atoms with Gasteiger partial charge in [-0.3, -0.25) is 43.3 Å². The molecule has 26 heteroatoms. The molecular formula is C37H65N13O12S. The molecule has 8 amide bonds. The minimum absolute atomic E-state index is 0.00523. The number of carbonyl (C=O) groups is 9. The van der Waals surface area contributed by atoms with Crippen molar-refractivity contribution in [1.29, 1.82) is 0 Å². The van der Waals surface area contributed by atoms with E-state index in [1.165, 1.54) is 16.7 Å². The quantitative estimate of drug-likeness (QED) is 0.0197. The van der Waals surface area contributed by atoms with Crippen LogP contribution in [0.25, 0.3) is 0 Å². The Hall–Kier alpha value is -5.31. The number of likely N-dealkylation sites (tertiary alicyclic amines) is 2. The van der Waals surface area contributed by atoms with Crippen molar-refractivity contribution in [3.05, 3.63) is 0 Å². The molecule has 25 nitrogen and oxygen atoms in total. The van der Waals surface area contributed by atoms with Crippen LogP contribution in [-0.2, 0) is 43.2 Å². The van der Waals surface area contributed by atoms with Crippen molar-refractivity contribution in [1.82, 2.24) is 41.7 Å². The molecule has 0 spiro atoms. The first kappa shape index (κ1) is 53.8. The lowest BCUT2D eigenvalue weighted by Gasteiger charge is -2.29. The number of aliphatic hydroxyl groups excluding tert-OH is 2. The summed E-state index contributed by atoms with van der Waals surface area (Å²) in [5.41, 5.74) is 21.9. The molecular weight excluding hydrogens is 851 g/mol. The van der Waals surface area contributed by atoms with E-state index in [2.05, 4.69) is 36.9 Å². The van der Waals surface area contributed by atoms with Crippen molar-refractivity contribution in [2.24, 2.45) is 27.9 Å². The third-order valence-corrected chi connectivity index (χ3v) is 10.9. The number of thioether (sulfide) groups is 1. The van der Waals surface area contributed by atoms with Crippen molar-refractivity contribution >= 4 is 70.9 Å². The van der Waals surface area contributed by atoms with Crippen LogP contribution in [0.5, 0.6) is 0 Å². The van der Waals surface area contributed by atoms with E-state index in [0.717, 1.165) is 4.90 Å². The SMILES string of the molecule is CSCC[C@H](NC(=O)CNC(=O)C1CCCN1C(=O)CNC(=O)[C@H](CO)NC(=O)[C@@H](N)CCCCN)C(=O)N[C@@H](CO)C(=O)N1CCCC1C(=O)N[C@@H](CCCN=C(N)N)C(=O)O. The molecule has 7 atom stereocenters. The first-order chi connectivity index (χ1) is 30.0. The van der Waals surface area contributed by atoms with Gasteiger partial charge in [0.15, 0.2) is 5.96 Å². The molecule has 2 aliphatic heterocycles. The maximum Gasteiger partial charge on any atom is 0.326 e. The number of aliphatic hydroxyl groups is 2. The number of aliphatic imine (C=N–C) groups is 1. The monoisotopic (exact) mass is 915 g/mol. The van der Waals surface area contributed by atoms with Crippen LogP contribution in [0.3, 0.4) is 0 Å². The first-order valence-electron chi connectivity index (χ1n) is 20.8. The van der Waals surface area contributed by atoms with Crippen LogP contribution in [0.2, 0.25) is 0 Å². The fraction of sp³-hybridized carbons (Fsp3) is 0.730. The van der Waals surface area contributed by atoms with Gasteiger partial charge in [0, 0.05) is 19.6 Å². The molecule has 2 unspecified atom stereocenters. The van der Waals surface area contributed by atoms with Crippen LogP contribution in [0.15, 0.2) is 4.99 Å². The van der Waals surface area contributed by atoms with Gasteiger partial charge in [-0.05, 0) is 76.3 Å². The van der Waals surface area contributed by atoms with Gasteiger partial charge in [-0.1, -0.05) is 6.42 Å². The predicted molar refractivity (Wildman–Crippen MR) is 229 cm³/mol. The van der Waals surface area contributed by atoms with Gasteiger partial charge in [0.25, 0.3) is 0 Å². The molecule has 2 fully saturated rings. The average Bonchev–Trinajstić information content (AvgIpc) is 3.96. The highest BCUT2D eigenvalue weighted by Crippen LogP contribution is 2.20. The van der Waals surface area contributed by atoms with Crippen molar-refractivity contribution in [2.45, 2.75) is 107 Å². The van der Waals surface area contributed by atoms with Crippen LogP contribution >= 0.6 is 11.8 Å². The maximum atomic E-state index is 13.6. The Morgan fingerprint density at radius 1 is 0.714 bits per heavy atom. The number of guanidine groups is 1.